The molecule has 0 amide bonds. The smallest absolute Gasteiger partial charge is 0.164 e. The van der Waals surface area contributed by atoms with Gasteiger partial charge >= 0.3 is 0 Å². The van der Waals surface area contributed by atoms with Crippen LogP contribution in [0.5, 0.6) is 0 Å². The van der Waals surface area contributed by atoms with Crippen LogP contribution in [0.15, 0.2) is 200 Å². The second-order valence-electron chi connectivity index (χ2n) is 15.0. The van der Waals surface area contributed by atoms with Crippen LogP contribution in [0.1, 0.15) is 0 Å². The number of hydrogen-bond donors (Lipinski definition) is 0. The van der Waals surface area contributed by atoms with E-state index < -0.39 is 0 Å². The van der Waals surface area contributed by atoms with Gasteiger partial charge in [0.05, 0.1) is 22.2 Å². The van der Waals surface area contributed by atoms with E-state index in [1.54, 1.807) is 0 Å². The van der Waals surface area contributed by atoms with Gasteiger partial charge < -0.3 is 4.57 Å². The number of hydrogen-bond acceptors (Lipinski definition) is 5. The van der Waals surface area contributed by atoms with E-state index in [9.17, 15) is 0 Å². The molecule has 0 N–H and O–H groups in total. The standard InChI is InChI=1S/C54H33N5S/c1-3-14-34(15-4-1)38-30-31-43-45(33-38)55-50(49-44-22-9-12-25-48(44)60-51(43)49)35-26-28-37(29-27-35)53-56-52(36-16-5-2-6-17-36)57-54(58-53)39-18-13-19-40(32-39)59-46-23-10-7-20-41(46)42-21-8-11-24-47(42)59/h1-33H. The molecule has 0 aliphatic rings. The summed E-state index contributed by atoms with van der Waals surface area (Å²) in [6, 6.07) is 70.2. The van der Waals surface area contributed by atoms with Crippen molar-refractivity contribution in [3.63, 3.8) is 0 Å². The summed E-state index contributed by atoms with van der Waals surface area (Å²) in [4.78, 5) is 20.8. The number of para-hydroxylation sites is 2. The van der Waals surface area contributed by atoms with E-state index in [2.05, 4.69) is 174 Å². The third kappa shape index (κ3) is 5.69. The van der Waals surface area contributed by atoms with Crippen molar-refractivity contribution in [2.24, 2.45) is 0 Å². The van der Waals surface area contributed by atoms with Gasteiger partial charge in [0.25, 0.3) is 0 Å². The Kier molecular flexibility index (Phi) is 7.96. The van der Waals surface area contributed by atoms with Crippen molar-refractivity contribution in [2.75, 3.05) is 0 Å². The van der Waals surface area contributed by atoms with Gasteiger partial charge in [0.15, 0.2) is 17.5 Å². The van der Waals surface area contributed by atoms with E-state index in [1.165, 1.54) is 41.9 Å². The lowest BCUT2D eigenvalue weighted by Crippen LogP contribution is -2.01. The lowest BCUT2D eigenvalue weighted by atomic mass is 9.99. The predicted molar refractivity (Wildman–Crippen MR) is 250 cm³/mol. The maximum Gasteiger partial charge on any atom is 0.164 e. The Morgan fingerprint density at radius 3 is 1.58 bits per heavy atom. The highest BCUT2D eigenvalue weighted by Crippen LogP contribution is 2.44. The van der Waals surface area contributed by atoms with Crippen LogP contribution in [0.2, 0.25) is 0 Å². The number of rotatable bonds is 6. The minimum Gasteiger partial charge on any atom is -0.309 e. The summed E-state index contributed by atoms with van der Waals surface area (Å²) in [6.07, 6.45) is 0. The first-order valence-corrected chi connectivity index (χ1v) is 20.9. The van der Waals surface area contributed by atoms with Crippen LogP contribution >= 0.6 is 11.3 Å². The molecule has 4 heterocycles. The molecule has 0 aliphatic carbocycles. The number of nitrogens with zero attached hydrogens (tertiary/aromatic N) is 5. The Bertz CT molecular complexity index is 3540. The molecular weight excluding hydrogens is 751 g/mol. The fraction of sp³-hybridized carbons (Fsp3) is 0. The summed E-state index contributed by atoms with van der Waals surface area (Å²) in [5.74, 6) is 1.85. The Labute approximate surface area is 349 Å². The molecule has 60 heavy (non-hydrogen) atoms. The van der Waals surface area contributed by atoms with Crippen LogP contribution in [0.3, 0.4) is 0 Å². The minimum atomic E-state index is 0.609. The first-order valence-electron chi connectivity index (χ1n) is 20.1. The Morgan fingerprint density at radius 2 is 0.883 bits per heavy atom. The molecule has 280 valence electrons. The van der Waals surface area contributed by atoms with Gasteiger partial charge in [-0.2, -0.15) is 0 Å². The molecule has 0 unspecified atom stereocenters. The molecule has 0 bridgehead atoms. The molecule has 8 aromatic carbocycles. The quantitative estimate of drug-likeness (QED) is 0.169. The number of thiophene rings is 1. The molecule has 12 aromatic rings. The molecule has 0 saturated heterocycles. The third-order valence-corrected chi connectivity index (χ3v) is 12.6. The van der Waals surface area contributed by atoms with Crippen LogP contribution in [0, 0.1) is 0 Å². The van der Waals surface area contributed by atoms with Crippen LogP contribution < -0.4 is 0 Å². The Morgan fingerprint density at radius 1 is 0.350 bits per heavy atom. The number of aromatic nitrogens is 5. The summed E-state index contributed by atoms with van der Waals surface area (Å²) in [6.45, 7) is 0. The zero-order valence-electron chi connectivity index (χ0n) is 32.2. The second-order valence-corrected chi connectivity index (χ2v) is 16.1. The van der Waals surface area contributed by atoms with Crippen molar-refractivity contribution in [3.8, 4) is 62.2 Å². The highest BCUT2D eigenvalue weighted by atomic mass is 32.1. The van der Waals surface area contributed by atoms with Gasteiger partial charge in [-0.15, -0.1) is 11.3 Å². The number of pyridine rings is 1. The van der Waals surface area contributed by atoms with E-state index in [1.807, 2.05) is 41.7 Å². The molecule has 0 saturated carbocycles. The van der Waals surface area contributed by atoms with E-state index in [0.717, 1.165) is 55.7 Å². The van der Waals surface area contributed by atoms with Crippen LogP contribution in [-0.4, -0.2) is 24.5 Å². The summed E-state index contributed by atoms with van der Waals surface area (Å²) >= 11 is 1.83. The summed E-state index contributed by atoms with van der Waals surface area (Å²) in [5.41, 5.74) is 11.4. The van der Waals surface area contributed by atoms with Gasteiger partial charge in [0.1, 0.15) is 0 Å². The fourth-order valence-corrected chi connectivity index (χ4v) is 9.83. The first-order chi connectivity index (χ1) is 29.7. The maximum absolute atomic E-state index is 5.42. The van der Waals surface area contributed by atoms with Gasteiger partial charge in [-0.3, -0.25) is 0 Å². The molecule has 0 spiro atoms. The van der Waals surface area contributed by atoms with Gasteiger partial charge in [-0.1, -0.05) is 164 Å². The number of fused-ring (bicyclic) bond motifs is 8. The molecule has 0 fully saturated rings. The van der Waals surface area contributed by atoms with Crippen molar-refractivity contribution in [3.05, 3.63) is 200 Å². The van der Waals surface area contributed by atoms with Crippen molar-refractivity contribution in [1.29, 1.82) is 0 Å². The highest BCUT2D eigenvalue weighted by Gasteiger charge is 2.19. The lowest BCUT2D eigenvalue weighted by Gasteiger charge is -2.12. The second kappa shape index (κ2) is 13.9. The van der Waals surface area contributed by atoms with Gasteiger partial charge in [-0.25, -0.2) is 19.9 Å². The van der Waals surface area contributed by atoms with Crippen molar-refractivity contribution in [1.82, 2.24) is 24.5 Å². The normalized spacial score (nSPS) is 11.7. The summed E-state index contributed by atoms with van der Waals surface area (Å²) in [7, 11) is 0. The zero-order chi connectivity index (χ0) is 39.6. The van der Waals surface area contributed by atoms with Crippen LogP contribution in [0.4, 0.5) is 0 Å². The molecule has 0 radical (unpaired) electrons. The monoisotopic (exact) mass is 783 g/mol. The van der Waals surface area contributed by atoms with Crippen molar-refractivity contribution < 1.29 is 0 Å². The topological polar surface area (TPSA) is 56.5 Å². The van der Waals surface area contributed by atoms with Gasteiger partial charge in [0, 0.05) is 64.3 Å². The molecule has 5 nitrogen and oxygen atoms in total. The van der Waals surface area contributed by atoms with Crippen molar-refractivity contribution >= 4 is 64.2 Å². The molecule has 6 heteroatoms. The lowest BCUT2D eigenvalue weighted by molar-refractivity contribution is 1.07. The van der Waals surface area contributed by atoms with E-state index in [4.69, 9.17) is 19.9 Å². The molecule has 12 rings (SSSR count). The summed E-state index contributed by atoms with van der Waals surface area (Å²) in [5, 5.41) is 6.01. The number of benzene rings is 8. The first kappa shape index (κ1) is 34.3. The predicted octanol–water partition coefficient (Wildman–Crippen LogP) is 14.2. The largest absolute Gasteiger partial charge is 0.309 e. The molecule has 0 atom stereocenters. The van der Waals surface area contributed by atoms with Crippen molar-refractivity contribution in [2.45, 2.75) is 0 Å². The third-order valence-electron chi connectivity index (χ3n) is 11.4. The zero-order valence-corrected chi connectivity index (χ0v) is 33.0. The van der Waals surface area contributed by atoms with E-state index in [-0.39, 0.29) is 0 Å². The van der Waals surface area contributed by atoms with Gasteiger partial charge in [-0.05, 0) is 47.5 Å². The van der Waals surface area contributed by atoms with Crippen LogP contribution in [-0.2, 0) is 0 Å². The summed E-state index contributed by atoms with van der Waals surface area (Å²) < 4.78 is 4.82. The molecular formula is C54H33N5S. The van der Waals surface area contributed by atoms with E-state index >= 15 is 0 Å². The SMILES string of the molecule is c1ccc(-c2ccc3c(c2)nc(-c2ccc(-c4nc(-c5ccccc5)nc(-c5cccc(-n6c7ccccc7c7ccccc76)c5)n4)cc2)c2c4ccccc4sc32)cc1. The Balaban J connectivity index is 0.995. The average molecular weight is 784 g/mol. The van der Waals surface area contributed by atoms with Gasteiger partial charge in [0.2, 0.25) is 0 Å². The highest BCUT2D eigenvalue weighted by molar-refractivity contribution is 7.26. The minimum absolute atomic E-state index is 0.609. The fourth-order valence-electron chi connectivity index (χ4n) is 8.59. The molecule has 0 aliphatic heterocycles. The maximum atomic E-state index is 5.42. The van der Waals surface area contributed by atoms with Crippen LogP contribution in [0.25, 0.3) is 115 Å². The molecule has 4 aromatic heterocycles. The van der Waals surface area contributed by atoms with E-state index in [0.29, 0.717) is 17.5 Å². The average Bonchev–Trinajstić information content (AvgIpc) is 3.88. The Hall–Kier alpha value is -7.80.